The van der Waals surface area contributed by atoms with Gasteiger partial charge in [-0.3, -0.25) is 9.59 Å². The van der Waals surface area contributed by atoms with Crippen LogP contribution in [0.15, 0.2) is 18.2 Å². The minimum atomic E-state index is -0.177. The number of amides is 2. The van der Waals surface area contributed by atoms with E-state index >= 15 is 0 Å². The van der Waals surface area contributed by atoms with Crippen LogP contribution in [0.5, 0.6) is 0 Å². The topological polar surface area (TPSA) is 49.4 Å². The largest absolute Gasteiger partial charge is 0.347 e. The summed E-state index contributed by atoms with van der Waals surface area (Å²) in [7, 11) is 3.35. The fraction of sp³-hybridized carbons (Fsp3) is 0.467. The number of hydrogen-bond acceptors (Lipinski definition) is 2. The van der Waals surface area contributed by atoms with Crippen LogP contribution in [0.1, 0.15) is 34.3 Å². The van der Waals surface area contributed by atoms with Gasteiger partial charge in [-0.25, -0.2) is 0 Å². The van der Waals surface area contributed by atoms with E-state index in [1.165, 1.54) is 28.9 Å². The van der Waals surface area contributed by atoms with E-state index in [2.05, 4.69) is 5.32 Å². The van der Waals surface area contributed by atoms with Crippen LogP contribution in [0.3, 0.4) is 0 Å². The van der Waals surface area contributed by atoms with E-state index in [0.717, 1.165) is 12.8 Å². The minimum absolute atomic E-state index is 0.0446. The molecule has 2 amide bonds. The monoisotopic (exact) mass is 260 g/mol. The molecular formula is C15H20N2O2. The van der Waals surface area contributed by atoms with E-state index in [4.69, 9.17) is 0 Å². The van der Waals surface area contributed by atoms with Crippen molar-refractivity contribution in [3.05, 3.63) is 34.9 Å². The van der Waals surface area contributed by atoms with Crippen LogP contribution < -0.4 is 5.32 Å². The quantitative estimate of drug-likeness (QED) is 0.892. The summed E-state index contributed by atoms with van der Waals surface area (Å²) in [4.78, 5) is 24.9. The Labute approximate surface area is 113 Å². The Hall–Kier alpha value is -1.84. The summed E-state index contributed by atoms with van der Waals surface area (Å²) < 4.78 is 0. The summed E-state index contributed by atoms with van der Waals surface area (Å²) in [6.45, 7) is 0.0446. The Morgan fingerprint density at radius 3 is 2.53 bits per heavy atom. The molecule has 102 valence electrons. The zero-order valence-corrected chi connectivity index (χ0v) is 11.5. The lowest BCUT2D eigenvalue weighted by molar-refractivity contribution is -0.127. The number of carbonyl (C=O) groups excluding carboxylic acids is 2. The highest BCUT2D eigenvalue weighted by Crippen LogP contribution is 2.22. The highest BCUT2D eigenvalue weighted by Gasteiger charge is 2.13. The van der Waals surface area contributed by atoms with Gasteiger partial charge < -0.3 is 10.2 Å². The molecule has 0 saturated heterocycles. The lowest BCUT2D eigenvalue weighted by atomic mass is 9.90. The molecule has 2 rings (SSSR count). The van der Waals surface area contributed by atoms with Crippen molar-refractivity contribution in [2.75, 3.05) is 20.6 Å². The van der Waals surface area contributed by atoms with Gasteiger partial charge in [-0.1, -0.05) is 6.07 Å². The number of rotatable bonds is 3. The molecular weight excluding hydrogens is 240 g/mol. The van der Waals surface area contributed by atoms with Crippen LogP contribution in [-0.4, -0.2) is 37.4 Å². The molecule has 1 aliphatic carbocycles. The van der Waals surface area contributed by atoms with Gasteiger partial charge in [-0.2, -0.15) is 0 Å². The lowest BCUT2D eigenvalue weighted by Crippen LogP contribution is -2.36. The van der Waals surface area contributed by atoms with Crippen molar-refractivity contribution in [2.24, 2.45) is 0 Å². The van der Waals surface area contributed by atoms with Crippen LogP contribution >= 0.6 is 0 Å². The van der Waals surface area contributed by atoms with Crippen LogP contribution in [0.25, 0.3) is 0 Å². The zero-order chi connectivity index (χ0) is 13.8. The highest BCUT2D eigenvalue weighted by atomic mass is 16.2. The Morgan fingerprint density at radius 2 is 1.84 bits per heavy atom. The summed E-state index contributed by atoms with van der Waals surface area (Å²) in [5.74, 6) is -0.283. The summed E-state index contributed by atoms with van der Waals surface area (Å²) in [6.07, 6.45) is 4.58. The highest BCUT2D eigenvalue weighted by molar-refractivity contribution is 5.96. The Morgan fingerprint density at radius 1 is 1.16 bits per heavy atom. The van der Waals surface area contributed by atoms with Crippen LogP contribution in [-0.2, 0) is 17.6 Å². The van der Waals surface area contributed by atoms with Crippen molar-refractivity contribution in [1.82, 2.24) is 10.2 Å². The number of nitrogens with one attached hydrogen (secondary N) is 1. The Balaban J connectivity index is 2.01. The first-order valence-electron chi connectivity index (χ1n) is 6.68. The number of fused-ring (bicyclic) bond motifs is 1. The summed E-state index contributed by atoms with van der Waals surface area (Å²) in [6, 6.07) is 5.85. The lowest BCUT2D eigenvalue weighted by Gasteiger charge is -2.16. The number of likely N-dealkylation sites (N-methyl/N-ethyl adjacent to an activating group) is 1. The molecule has 0 atom stereocenters. The van der Waals surface area contributed by atoms with E-state index < -0.39 is 0 Å². The van der Waals surface area contributed by atoms with Crippen molar-refractivity contribution in [1.29, 1.82) is 0 Å². The summed E-state index contributed by atoms with van der Waals surface area (Å²) in [5.41, 5.74) is 3.28. The Kier molecular flexibility index (Phi) is 4.20. The maximum atomic E-state index is 12.0. The second kappa shape index (κ2) is 5.87. The Bertz CT molecular complexity index is 495. The molecule has 0 spiro atoms. The van der Waals surface area contributed by atoms with E-state index in [1.54, 1.807) is 14.1 Å². The van der Waals surface area contributed by atoms with E-state index in [1.807, 2.05) is 18.2 Å². The second-order valence-electron chi connectivity index (χ2n) is 5.16. The SMILES string of the molecule is CN(C)C(=O)CNC(=O)c1ccc2c(c1)CCCC2. The van der Waals surface area contributed by atoms with Crippen molar-refractivity contribution < 1.29 is 9.59 Å². The average Bonchev–Trinajstić information content (AvgIpc) is 2.43. The fourth-order valence-corrected chi connectivity index (χ4v) is 2.29. The predicted molar refractivity (Wildman–Crippen MR) is 74.1 cm³/mol. The van der Waals surface area contributed by atoms with Crippen LogP contribution in [0.2, 0.25) is 0 Å². The molecule has 0 radical (unpaired) electrons. The maximum absolute atomic E-state index is 12.0. The van der Waals surface area contributed by atoms with Crippen LogP contribution in [0, 0.1) is 0 Å². The van der Waals surface area contributed by atoms with Gasteiger partial charge in [-0.05, 0) is 48.9 Å². The molecule has 0 aliphatic heterocycles. The van der Waals surface area contributed by atoms with Gasteiger partial charge >= 0.3 is 0 Å². The third-order valence-electron chi connectivity index (χ3n) is 3.51. The molecule has 0 saturated carbocycles. The smallest absolute Gasteiger partial charge is 0.251 e. The normalized spacial score (nSPS) is 13.6. The van der Waals surface area contributed by atoms with Gasteiger partial charge in [0, 0.05) is 19.7 Å². The summed E-state index contributed by atoms with van der Waals surface area (Å²) in [5, 5.41) is 2.66. The van der Waals surface area contributed by atoms with Crippen LogP contribution in [0.4, 0.5) is 0 Å². The molecule has 4 heteroatoms. The standard InChI is InChI=1S/C15H20N2O2/c1-17(2)14(18)10-16-15(19)13-8-7-11-5-3-4-6-12(11)9-13/h7-9H,3-6,10H2,1-2H3,(H,16,19). The number of hydrogen-bond donors (Lipinski definition) is 1. The first kappa shape index (κ1) is 13.6. The molecule has 0 unspecified atom stereocenters. The maximum Gasteiger partial charge on any atom is 0.251 e. The molecule has 0 bridgehead atoms. The number of aryl methyl sites for hydroxylation is 2. The second-order valence-corrected chi connectivity index (χ2v) is 5.16. The predicted octanol–water partition coefficient (Wildman–Crippen LogP) is 1.38. The molecule has 19 heavy (non-hydrogen) atoms. The third-order valence-corrected chi connectivity index (χ3v) is 3.51. The van der Waals surface area contributed by atoms with Gasteiger partial charge in [0.05, 0.1) is 6.54 Å². The van der Waals surface area contributed by atoms with Crippen molar-refractivity contribution in [2.45, 2.75) is 25.7 Å². The molecule has 4 nitrogen and oxygen atoms in total. The molecule has 1 N–H and O–H groups in total. The fourth-order valence-electron chi connectivity index (χ4n) is 2.29. The van der Waals surface area contributed by atoms with Crippen molar-refractivity contribution in [3.63, 3.8) is 0 Å². The van der Waals surface area contributed by atoms with Gasteiger partial charge in [-0.15, -0.1) is 0 Å². The van der Waals surface area contributed by atoms with Gasteiger partial charge in [0.15, 0.2) is 0 Å². The first-order chi connectivity index (χ1) is 9.08. The molecule has 1 aromatic rings. The molecule has 0 fully saturated rings. The molecule has 0 aromatic heterocycles. The average molecular weight is 260 g/mol. The number of carbonyl (C=O) groups is 2. The first-order valence-corrected chi connectivity index (χ1v) is 6.68. The third kappa shape index (κ3) is 3.34. The van der Waals surface area contributed by atoms with Crippen molar-refractivity contribution >= 4 is 11.8 Å². The van der Waals surface area contributed by atoms with Crippen molar-refractivity contribution in [3.8, 4) is 0 Å². The molecule has 1 aliphatic rings. The van der Waals surface area contributed by atoms with Gasteiger partial charge in [0.25, 0.3) is 5.91 Å². The number of benzene rings is 1. The van der Waals surface area contributed by atoms with E-state index in [0.29, 0.717) is 5.56 Å². The number of nitrogens with zero attached hydrogens (tertiary/aromatic N) is 1. The van der Waals surface area contributed by atoms with Gasteiger partial charge in [0.1, 0.15) is 0 Å². The zero-order valence-electron chi connectivity index (χ0n) is 11.5. The van der Waals surface area contributed by atoms with Gasteiger partial charge in [0.2, 0.25) is 5.91 Å². The van der Waals surface area contributed by atoms with E-state index in [-0.39, 0.29) is 18.4 Å². The summed E-state index contributed by atoms with van der Waals surface area (Å²) >= 11 is 0. The minimum Gasteiger partial charge on any atom is -0.347 e. The molecule has 1 aromatic carbocycles. The molecule has 0 heterocycles. The van der Waals surface area contributed by atoms with E-state index in [9.17, 15) is 9.59 Å².